The molecule has 0 saturated heterocycles. The number of benzene rings is 3. The lowest BCUT2D eigenvalue weighted by molar-refractivity contribution is -0.135. The highest BCUT2D eigenvalue weighted by Gasteiger charge is 2.32. The van der Waals surface area contributed by atoms with Gasteiger partial charge in [-0.25, -0.2) is 0 Å². The Morgan fingerprint density at radius 2 is 1.76 bits per heavy atom. The van der Waals surface area contributed by atoms with Gasteiger partial charge in [0, 0.05) is 11.5 Å². The molecule has 4 heteroatoms. The third kappa shape index (κ3) is 2.60. The van der Waals surface area contributed by atoms with Crippen LogP contribution in [0.25, 0.3) is 10.8 Å². The first kappa shape index (κ1) is 15.5. The highest BCUT2D eigenvalue weighted by molar-refractivity contribution is 5.94. The first-order valence-corrected chi connectivity index (χ1v) is 8.15. The van der Waals surface area contributed by atoms with E-state index in [9.17, 15) is 4.79 Å². The van der Waals surface area contributed by atoms with Crippen LogP contribution in [0, 0.1) is 0 Å². The Balaban J connectivity index is 1.97. The van der Waals surface area contributed by atoms with Crippen molar-refractivity contribution in [2.45, 2.75) is 12.3 Å². The van der Waals surface area contributed by atoms with Gasteiger partial charge in [-0.15, -0.1) is 0 Å². The second-order valence-electron chi connectivity index (χ2n) is 6.05. The lowest BCUT2D eigenvalue weighted by Gasteiger charge is -2.28. The van der Waals surface area contributed by atoms with Crippen LogP contribution in [-0.4, -0.2) is 20.2 Å². The number of carbonyl (C=O) groups excluding carboxylic acids is 1. The molecule has 3 aromatic rings. The molecule has 0 aliphatic carbocycles. The molecule has 1 aliphatic heterocycles. The summed E-state index contributed by atoms with van der Waals surface area (Å²) in [6.07, 6.45) is 0.302. The molecular formula is C21H18O4. The van der Waals surface area contributed by atoms with E-state index < -0.39 is 0 Å². The molecule has 0 spiro atoms. The second-order valence-corrected chi connectivity index (χ2v) is 6.05. The number of rotatable bonds is 3. The molecule has 0 bridgehead atoms. The molecule has 0 radical (unpaired) electrons. The average molecular weight is 334 g/mol. The molecular weight excluding hydrogens is 316 g/mol. The molecule has 25 heavy (non-hydrogen) atoms. The molecule has 126 valence electrons. The Morgan fingerprint density at radius 1 is 1.00 bits per heavy atom. The van der Waals surface area contributed by atoms with Crippen molar-refractivity contribution in [2.24, 2.45) is 0 Å². The van der Waals surface area contributed by atoms with Gasteiger partial charge in [-0.2, -0.15) is 0 Å². The number of fused-ring (bicyclic) bond motifs is 3. The highest BCUT2D eigenvalue weighted by Crippen LogP contribution is 2.48. The molecule has 0 unspecified atom stereocenters. The maximum atomic E-state index is 12.2. The number of esters is 1. The van der Waals surface area contributed by atoms with Crippen molar-refractivity contribution in [1.29, 1.82) is 0 Å². The van der Waals surface area contributed by atoms with Gasteiger partial charge >= 0.3 is 5.97 Å². The third-order valence-electron chi connectivity index (χ3n) is 4.68. The molecule has 4 nitrogen and oxygen atoms in total. The Bertz CT molecular complexity index is 944. The van der Waals surface area contributed by atoms with E-state index in [2.05, 4.69) is 6.07 Å². The van der Waals surface area contributed by atoms with E-state index in [0.29, 0.717) is 17.9 Å². The zero-order chi connectivity index (χ0) is 17.4. The number of hydrogen-bond donors (Lipinski definition) is 0. The molecule has 4 rings (SSSR count). The molecule has 0 aromatic heterocycles. The van der Waals surface area contributed by atoms with Gasteiger partial charge in [0.2, 0.25) is 0 Å². The van der Waals surface area contributed by atoms with E-state index in [-0.39, 0.29) is 11.9 Å². The van der Waals surface area contributed by atoms with Gasteiger partial charge in [0.15, 0.2) is 11.5 Å². The van der Waals surface area contributed by atoms with Crippen LogP contribution < -0.4 is 14.2 Å². The monoisotopic (exact) mass is 334 g/mol. The van der Waals surface area contributed by atoms with Crippen molar-refractivity contribution in [3.63, 3.8) is 0 Å². The van der Waals surface area contributed by atoms with E-state index >= 15 is 0 Å². The topological polar surface area (TPSA) is 44.8 Å². The van der Waals surface area contributed by atoms with E-state index in [0.717, 1.165) is 27.6 Å². The Labute approximate surface area is 145 Å². The summed E-state index contributed by atoms with van der Waals surface area (Å²) < 4.78 is 16.3. The van der Waals surface area contributed by atoms with Gasteiger partial charge in [-0.05, 0) is 34.5 Å². The first-order valence-electron chi connectivity index (χ1n) is 8.15. The second kappa shape index (κ2) is 6.13. The number of methoxy groups -OCH3 is 2. The normalized spacial score (nSPS) is 16.2. The molecule has 1 heterocycles. The number of carbonyl (C=O) groups is 1. The van der Waals surface area contributed by atoms with Crippen molar-refractivity contribution >= 4 is 16.7 Å². The standard InChI is InChI=1S/C21H18O4/c1-23-15-9-7-13(8-10-15)17-12-19(22)25-21-18(24-2)11-14-5-3-4-6-16(14)20(17)21/h3-11,17H,12H2,1-2H3/t17-/m1/s1. The third-order valence-corrected chi connectivity index (χ3v) is 4.68. The van der Waals surface area contributed by atoms with Crippen molar-refractivity contribution < 1.29 is 19.0 Å². The van der Waals surface area contributed by atoms with Crippen LogP contribution in [0.4, 0.5) is 0 Å². The summed E-state index contributed by atoms with van der Waals surface area (Å²) in [5.74, 6) is 1.57. The summed E-state index contributed by atoms with van der Waals surface area (Å²) in [4.78, 5) is 12.2. The lowest BCUT2D eigenvalue weighted by atomic mass is 9.83. The van der Waals surface area contributed by atoms with Crippen LogP contribution in [0.15, 0.2) is 54.6 Å². The predicted molar refractivity (Wildman–Crippen MR) is 95.6 cm³/mol. The van der Waals surface area contributed by atoms with Crippen LogP contribution >= 0.6 is 0 Å². The van der Waals surface area contributed by atoms with Crippen LogP contribution in [-0.2, 0) is 4.79 Å². The van der Waals surface area contributed by atoms with Gasteiger partial charge < -0.3 is 14.2 Å². The van der Waals surface area contributed by atoms with Gasteiger partial charge in [-0.1, -0.05) is 36.4 Å². The molecule has 0 fully saturated rings. The number of hydrogen-bond acceptors (Lipinski definition) is 4. The first-order chi connectivity index (χ1) is 12.2. The smallest absolute Gasteiger partial charge is 0.312 e. The summed E-state index contributed by atoms with van der Waals surface area (Å²) in [6.45, 7) is 0. The average Bonchev–Trinajstić information content (AvgIpc) is 2.66. The minimum absolute atomic E-state index is 0.0813. The minimum atomic E-state index is -0.248. The molecule has 3 aromatic carbocycles. The van der Waals surface area contributed by atoms with Crippen LogP contribution in [0.1, 0.15) is 23.5 Å². The fourth-order valence-electron chi connectivity index (χ4n) is 3.48. The summed E-state index contributed by atoms with van der Waals surface area (Å²) in [6, 6.07) is 17.8. The maximum absolute atomic E-state index is 12.2. The Hall–Kier alpha value is -3.01. The van der Waals surface area contributed by atoms with E-state index in [1.54, 1.807) is 14.2 Å². The van der Waals surface area contributed by atoms with E-state index in [1.165, 1.54) is 0 Å². The van der Waals surface area contributed by atoms with Crippen LogP contribution in [0.5, 0.6) is 17.2 Å². The predicted octanol–water partition coefficient (Wildman–Crippen LogP) is 4.30. The van der Waals surface area contributed by atoms with Crippen molar-refractivity contribution in [2.75, 3.05) is 14.2 Å². The van der Waals surface area contributed by atoms with E-state index in [1.807, 2.05) is 48.5 Å². The molecule has 0 N–H and O–H groups in total. The quantitative estimate of drug-likeness (QED) is 0.529. The maximum Gasteiger partial charge on any atom is 0.312 e. The van der Waals surface area contributed by atoms with Crippen molar-refractivity contribution in [3.8, 4) is 17.2 Å². The summed E-state index contributed by atoms with van der Waals surface area (Å²) in [5.41, 5.74) is 2.05. The summed E-state index contributed by atoms with van der Waals surface area (Å²) in [7, 11) is 3.23. The molecule has 1 aliphatic rings. The molecule has 1 atom stereocenters. The van der Waals surface area contributed by atoms with Gasteiger partial charge in [0.1, 0.15) is 5.75 Å². The van der Waals surface area contributed by atoms with Gasteiger partial charge in [0.25, 0.3) is 0 Å². The molecule has 0 saturated carbocycles. The van der Waals surface area contributed by atoms with Crippen molar-refractivity contribution in [1.82, 2.24) is 0 Å². The zero-order valence-corrected chi connectivity index (χ0v) is 14.1. The SMILES string of the molecule is COc1ccc([C@H]2CC(=O)Oc3c(OC)cc4ccccc4c32)cc1. The van der Waals surface area contributed by atoms with Crippen molar-refractivity contribution in [3.05, 3.63) is 65.7 Å². The van der Waals surface area contributed by atoms with E-state index in [4.69, 9.17) is 14.2 Å². The Morgan fingerprint density at radius 3 is 2.48 bits per heavy atom. The molecule has 0 amide bonds. The highest BCUT2D eigenvalue weighted by atomic mass is 16.6. The number of ether oxygens (including phenoxy) is 3. The van der Waals surface area contributed by atoms with Crippen LogP contribution in [0.3, 0.4) is 0 Å². The largest absolute Gasteiger partial charge is 0.497 e. The van der Waals surface area contributed by atoms with Gasteiger partial charge in [-0.3, -0.25) is 4.79 Å². The minimum Gasteiger partial charge on any atom is -0.497 e. The lowest BCUT2D eigenvalue weighted by Crippen LogP contribution is -2.22. The summed E-state index contributed by atoms with van der Waals surface area (Å²) in [5, 5.41) is 2.14. The van der Waals surface area contributed by atoms with Crippen LogP contribution in [0.2, 0.25) is 0 Å². The summed E-state index contributed by atoms with van der Waals surface area (Å²) >= 11 is 0. The fourth-order valence-corrected chi connectivity index (χ4v) is 3.48. The fraction of sp³-hybridized carbons (Fsp3) is 0.190. The Kier molecular flexibility index (Phi) is 3.80. The van der Waals surface area contributed by atoms with Gasteiger partial charge in [0.05, 0.1) is 20.6 Å². The zero-order valence-electron chi connectivity index (χ0n) is 14.1.